The first kappa shape index (κ1) is 17.6. The summed E-state index contributed by atoms with van der Waals surface area (Å²) in [4.78, 5) is 2.70. The van der Waals surface area contributed by atoms with Crippen molar-refractivity contribution in [1.82, 2.24) is 0 Å². The molecule has 1 aromatic rings. The van der Waals surface area contributed by atoms with E-state index >= 15 is 0 Å². The van der Waals surface area contributed by atoms with Gasteiger partial charge in [0, 0.05) is 30.4 Å². The molecule has 0 aliphatic rings. The molecule has 0 fully saturated rings. The second kappa shape index (κ2) is 7.56. The Kier molecular flexibility index (Phi) is 6.35. The predicted octanol–water partition coefficient (Wildman–Crippen LogP) is 1.37. The van der Waals surface area contributed by atoms with Crippen LogP contribution in [0.3, 0.4) is 0 Å². The summed E-state index contributed by atoms with van der Waals surface area (Å²) in [5.41, 5.74) is 7.16. The fourth-order valence-electron chi connectivity index (χ4n) is 1.84. The molecule has 0 heterocycles. The van der Waals surface area contributed by atoms with Gasteiger partial charge < -0.3 is 15.8 Å². The molecule has 1 rings (SSSR count). The van der Waals surface area contributed by atoms with E-state index in [2.05, 4.69) is 5.16 Å². The smallest absolute Gasteiger partial charge is 0.173 e. The third kappa shape index (κ3) is 5.13. The van der Waals surface area contributed by atoms with E-state index in [1.54, 1.807) is 23.7 Å². The fourth-order valence-corrected chi connectivity index (χ4v) is 3.29. The highest BCUT2D eigenvalue weighted by atomic mass is 32.2. The Morgan fingerprint density at radius 3 is 2.67 bits per heavy atom. The van der Waals surface area contributed by atoms with Gasteiger partial charge in [0.05, 0.1) is 11.3 Å². The lowest BCUT2D eigenvalue weighted by Gasteiger charge is -2.23. The molecule has 0 amide bonds. The van der Waals surface area contributed by atoms with Gasteiger partial charge in [0.15, 0.2) is 5.84 Å². The van der Waals surface area contributed by atoms with Gasteiger partial charge in [-0.1, -0.05) is 18.1 Å². The molecule has 0 aromatic heterocycles. The van der Waals surface area contributed by atoms with Crippen molar-refractivity contribution in [2.24, 2.45) is 10.9 Å². The van der Waals surface area contributed by atoms with Gasteiger partial charge in [0.2, 0.25) is 0 Å². The zero-order chi connectivity index (χ0) is 16.0. The van der Waals surface area contributed by atoms with Gasteiger partial charge in [-0.2, -0.15) is 0 Å². The molecular formula is C13H21N3O3S2. The van der Waals surface area contributed by atoms with Gasteiger partial charge in [0.25, 0.3) is 0 Å². The highest BCUT2D eigenvalue weighted by Crippen LogP contribution is 2.30. The minimum absolute atomic E-state index is 0.0211. The molecule has 0 atom stereocenters. The predicted molar refractivity (Wildman–Crippen MR) is 88.3 cm³/mol. The van der Waals surface area contributed by atoms with Crippen LogP contribution in [0.4, 0.5) is 5.69 Å². The summed E-state index contributed by atoms with van der Waals surface area (Å²) in [5, 5.41) is 12.1. The van der Waals surface area contributed by atoms with Gasteiger partial charge in [-0.25, -0.2) is 8.42 Å². The molecule has 0 aliphatic heterocycles. The van der Waals surface area contributed by atoms with Crippen molar-refractivity contribution in [3.05, 3.63) is 23.8 Å². The summed E-state index contributed by atoms with van der Waals surface area (Å²) < 4.78 is 22.6. The van der Waals surface area contributed by atoms with E-state index in [1.165, 1.54) is 6.26 Å². The first-order chi connectivity index (χ1) is 9.80. The highest BCUT2D eigenvalue weighted by Gasteiger charge is 2.16. The Morgan fingerprint density at radius 1 is 1.48 bits per heavy atom. The van der Waals surface area contributed by atoms with Crippen LogP contribution in [0, 0.1) is 0 Å². The summed E-state index contributed by atoms with van der Waals surface area (Å²) in [7, 11) is -1.26. The Bertz CT molecular complexity index is 615. The van der Waals surface area contributed by atoms with Crippen molar-refractivity contribution in [2.75, 3.05) is 36.3 Å². The number of nitrogens with zero attached hydrogens (tertiary/aromatic N) is 2. The third-order valence-electron chi connectivity index (χ3n) is 2.88. The maximum atomic E-state index is 11.3. The van der Waals surface area contributed by atoms with Crippen LogP contribution in [0.15, 0.2) is 28.3 Å². The van der Waals surface area contributed by atoms with Gasteiger partial charge in [-0.3, -0.25) is 0 Å². The number of hydrogen-bond acceptors (Lipinski definition) is 6. The molecular weight excluding hydrogens is 310 g/mol. The number of nitrogens with two attached hydrogens (primary N) is 1. The van der Waals surface area contributed by atoms with E-state index in [1.807, 2.05) is 25.1 Å². The lowest BCUT2D eigenvalue weighted by atomic mass is 10.1. The Hall–Kier alpha value is -1.41. The topological polar surface area (TPSA) is 96.0 Å². The second-order valence-electron chi connectivity index (χ2n) is 4.62. The van der Waals surface area contributed by atoms with Crippen molar-refractivity contribution < 1.29 is 13.6 Å². The monoisotopic (exact) mass is 331 g/mol. The molecule has 0 unspecified atom stereocenters. The lowest BCUT2D eigenvalue weighted by molar-refractivity contribution is 0.318. The second-order valence-corrected chi connectivity index (χ2v) is 8.19. The van der Waals surface area contributed by atoms with Crippen molar-refractivity contribution >= 4 is 33.1 Å². The van der Waals surface area contributed by atoms with Crippen molar-refractivity contribution in [1.29, 1.82) is 0 Å². The molecule has 6 nitrogen and oxygen atoms in total. The third-order valence-corrected chi connectivity index (χ3v) is 4.74. The van der Waals surface area contributed by atoms with E-state index in [-0.39, 0.29) is 11.6 Å². The zero-order valence-electron chi connectivity index (χ0n) is 12.4. The van der Waals surface area contributed by atoms with E-state index in [9.17, 15) is 8.42 Å². The highest BCUT2D eigenvalue weighted by molar-refractivity contribution is 7.99. The Labute approximate surface area is 129 Å². The van der Waals surface area contributed by atoms with Crippen LogP contribution in [0.25, 0.3) is 0 Å². The van der Waals surface area contributed by atoms with Crippen LogP contribution in [0.1, 0.15) is 12.5 Å². The minimum atomic E-state index is -3.04. The summed E-state index contributed by atoms with van der Waals surface area (Å²) >= 11 is 1.58. The summed E-state index contributed by atoms with van der Waals surface area (Å²) in [6, 6.07) is 5.60. The number of anilines is 1. The molecule has 0 saturated heterocycles. The van der Waals surface area contributed by atoms with Crippen molar-refractivity contribution in [3.8, 4) is 0 Å². The van der Waals surface area contributed by atoms with E-state index < -0.39 is 9.84 Å². The number of oxime groups is 1. The first-order valence-electron chi connectivity index (χ1n) is 6.42. The standard InChI is InChI=1S/C13H21N3O3S2/c1-4-20-11-7-5-6-10(12(11)13(14)15-17)16(2)8-9-21(3,18)19/h5-7,17H,4,8-9H2,1-3H3,(H2,14,15). The van der Waals surface area contributed by atoms with Crippen LogP contribution in [0.5, 0.6) is 0 Å². The number of benzene rings is 1. The zero-order valence-corrected chi connectivity index (χ0v) is 14.0. The van der Waals surface area contributed by atoms with Gasteiger partial charge in [0.1, 0.15) is 9.84 Å². The Balaban J connectivity index is 3.19. The average molecular weight is 331 g/mol. The quantitative estimate of drug-likeness (QED) is 0.258. The molecule has 8 heteroatoms. The Morgan fingerprint density at radius 2 is 2.14 bits per heavy atom. The maximum Gasteiger partial charge on any atom is 0.173 e. The van der Waals surface area contributed by atoms with E-state index in [0.717, 1.165) is 16.3 Å². The maximum absolute atomic E-state index is 11.3. The SMILES string of the molecule is CCSc1cccc(N(C)CCS(C)(=O)=O)c1/C(N)=N/O. The minimum Gasteiger partial charge on any atom is -0.409 e. The van der Waals surface area contributed by atoms with Gasteiger partial charge >= 0.3 is 0 Å². The molecule has 0 aliphatic carbocycles. The number of sulfone groups is 1. The van der Waals surface area contributed by atoms with Crippen LogP contribution in [-0.2, 0) is 9.84 Å². The lowest BCUT2D eigenvalue weighted by Crippen LogP contribution is -2.28. The molecule has 118 valence electrons. The summed E-state index contributed by atoms with van der Waals surface area (Å²) in [6.45, 7) is 2.35. The molecule has 0 spiro atoms. The average Bonchev–Trinajstić information content (AvgIpc) is 2.43. The number of rotatable bonds is 7. The van der Waals surface area contributed by atoms with Crippen LogP contribution in [-0.4, -0.2) is 50.8 Å². The number of amidine groups is 1. The normalized spacial score (nSPS) is 12.4. The fraction of sp³-hybridized carbons (Fsp3) is 0.462. The largest absolute Gasteiger partial charge is 0.409 e. The number of thioether (sulfide) groups is 1. The first-order valence-corrected chi connectivity index (χ1v) is 9.47. The molecule has 21 heavy (non-hydrogen) atoms. The van der Waals surface area contributed by atoms with Gasteiger partial charge in [-0.15, -0.1) is 11.8 Å². The van der Waals surface area contributed by atoms with E-state index in [0.29, 0.717) is 12.1 Å². The number of hydrogen-bond donors (Lipinski definition) is 2. The van der Waals surface area contributed by atoms with Crippen molar-refractivity contribution in [2.45, 2.75) is 11.8 Å². The molecule has 3 N–H and O–H groups in total. The van der Waals surface area contributed by atoms with Crippen molar-refractivity contribution in [3.63, 3.8) is 0 Å². The van der Waals surface area contributed by atoms with Crippen LogP contribution in [0.2, 0.25) is 0 Å². The molecule has 1 aromatic carbocycles. The van der Waals surface area contributed by atoms with E-state index in [4.69, 9.17) is 10.9 Å². The van der Waals surface area contributed by atoms with Gasteiger partial charge in [-0.05, 0) is 17.9 Å². The molecule has 0 radical (unpaired) electrons. The van der Waals surface area contributed by atoms with Crippen LogP contribution < -0.4 is 10.6 Å². The summed E-state index contributed by atoms with van der Waals surface area (Å²) in [5.74, 6) is 0.916. The molecule has 0 bridgehead atoms. The summed E-state index contributed by atoms with van der Waals surface area (Å²) in [6.07, 6.45) is 1.20. The van der Waals surface area contributed by atoms with Crippen LogP contribution >= 0.6 is 11.8 Å². The molecule has 0 saturated carbocycles.